The van der Waals surface area contributed by atoms with Gasteiger partial charge >= 0.3 is 5.97 Å². The quantitative estimate of drug-likeness (QED) is 0.189. The topological polar surface area (TPSA) is 103 Å². The largest absolute Gasteiger partial charge is 0.497 e. The van der Waals surface area contributed by atoms with E-state index in [1.54, 1.807) is 45.4 Å². The van der Waals surface area contributed by atoms with Gasteiger partial charge in [-0.05, 0) is 86.6 Å². The van der Waals surface area contributed by atoms with Gasteiger partial charge in [0.1, 0.15) is 11.5 Å². The maximum Gasteiger partial charge on any atom is 0.338 e. The Hall–Kier alpha value is -4.24. The number of nitrogens with one attached hydrogen (secondary N) is 2. The number of amides is 1. The number of esters is 1. The second-order valence-corrected chi connectivity index (χ2v) is 9.60. The SMILES string of the molecule is CCOC(=O)c1ccc(NC(=O)C(C)Sc2nc(-c3ccc(OC)cc3)c(-c3ccc(OC)cc3)[nH]2)cc1. The van der Waals surface area contributed by atoms with Crippen molar-refractivity contribution in [1.29, 1.82) is 0 Å². The molecule has 1 aromatic heterocycles. The molecule has 1 unspecified atom stereocenters. The lowest BCUT2D eigenvalue weighted by Gasteiger charge is -2.11. The van der Waals surface area contributed by atoms with Crippen LogP contribution in [0.5, 0.6) is 11.5 Å². The van der Waals surface area contributed by atoms with Crippen LogP contribution in [0.1, 0.15) is 24.2 Å². The first kappa shape index (κ1) is 26.8. The molecule has 0 aliphatic rings. The first-order valence-electron chi connectivity index (χ1n) is 12.1. The number of aromatic amines is 1. The predicted octanol–water partition coefficient (Wildman–Crippen LogP) is 6.06. The molecule has 4 rings (SSSR count). The van der Waals surface area contributed by atoms with Gasteiger partial charge in [0.2, 0.25) is 5.91 Å². The lowest BCUT2D eigenvalue weighted by molar-refractivity contribution is -0.115. The molecule has 1 amide bonds. The van der Waals surface area contributed by atoms with Crippen molar-refractivity contribution in [3.05, 3.63) is 78.4 Å². The molecule has 0 fully saturated rings. The fourth-order valence-electron chi connectivity index (χ4n) is 3.70. The molecule has 0 saturated carbocycles. The Morgan fingerprint density at radius 2 is 1.47 bits per heavy atom. The van der Waals surface area contributed by atoms with E-state index >= 15 is 0 Å². The van der Waals surface area contributed by atoms with Crippen LogP contribution in [0.3, 0.4) is 0 Å². The summed E-state index contributed by atoms with van der Waals surface area (Å²) in [6.07, 6.45) is 0. The Kier molecular flexibility index (Phi) is 8.70. The molecule has 38 heavy (non-hydrogen) atoms. The standard InChI is InChI=1S/C29H29N3O5S/c1-5-37-28(34)21-6-12-22(13-7-21)30-27(33)18(2)38-29-31-25(19-8-14-23(35-3)15-9-19)26(32-29)20-10-16-24(36-4)17-11-20/h6-18H,5H2,1-4H3,(H,30,33)(H,31,32). The Balaban J connectivity index is 1.53. The van der Waals surface area contributed by atoms with Crippen LogP contribution in [0.15, 0.2) is 78.0 Å². The highest BCUT2D eigenvalue weighted by molar-refractivity contribution is 8.00. The van der Waals surface area contributed by atoms with E-state index in [2.05, 4.69) is 10.3 Å². The lowest BCUT2D eigenvalue weighted by atomic mass is 10.0. The summed E-state index contributed by atoms with van der Waals surface area (Å²) in [6, 6.07) is 22.0. The maximum atomic E-state index is 12.9. The van der Waals surface area contributed by atoms with E-state index in [1.807, 2.05) is 55.5 Å². The number of H-pyrrole nitrogens is 1. The van der Waals surface area contributed by atoms with E-state index in [0.717, 1.165) is 34.0 Å². The summed E-state index contributed by atoms with van der Waals surface area (Å²) in [5.74, 6) is 0.930. The molecule has 2 N–H and O–H groups in total. The van der Waals surface area contributed by atoms with Gasteiger partial charge in [-0.15, -0.1) is 0 Å². The molecular weight excluding hydrogens is 502 g/mol. The van der Waals surface area contributed by atoms with Crippen molar-refractivity contribution in [3.8, 4) is 34.0 Å². The van der Waals surface area contributed by atoms with Gasteiger partial charge in [0, 0.05) is 16.8 Å². The van der Waals surface area contributed by atoms with Crippen LogP contribution in [0, 0.1) is 0 Å². The van der Waals surface area contributed by atoms with Crippen LogP contribution < -0.4 is 14.8 Å². The minimum absolute atomic E-state index is 0.188. The number of hydrogen-bond donors (Lipinski definition) is 2. The third-order valence-electron chi connectivity index (χ3n) is 5.75. The number of ether oxygens (including phenoxy) is 3. The Bertz CT molecular complexity index is 1320. The highest BCUT2D eigenvalue weighted by atomic mass is 32.2. The van der Waals surface area contributed by atoms with E-state index in [4.69, 9.17) is 19.2 Å². The molecule has 4 aromatic rings. The van der Waals surface area contributed by atoms with Gasteiger partial charge in [-0.25, -0.2) is 9.78 Å². The zero-order chi connectivity index (χ0) is 27.1. The Morgan fingerprint density at radius 3 is 2.03 bits per heavy atom. The summed E-state index contributed by atoms with van der Waals surface area (Å²) in [7, 11) is 3.26. The van der Waals surface area contributed by atoms with Gasteiger partial charge in [0.05, 0.1) is 43.0 Å². The molecule has 9 heteroatoms. The van der Waals surface area contributed by atoms with Gasteiger partial charge in [-0.2, -0.15) is 0 Å². The van der Waals surface area contributed by atoms with E-state index in [-0.39, 0.29) is 5.91 Å². The summed E-state index contributed by atoms with van der Waals surface area (Å²) in [5, 5.41) is 3.06. The van der Waals surface area contributed by atoms with Crippen LogP contribution in [0.4, 0.5) is 5.69 Å². The highest BCUT2D eigenvalue weighted by Crippen LogP contribution is 2.35. The van der Waals surface area contributed by atoms with Crippen molar-refractivity contribution < 1.29 is 23.8 Å². The van der Waals surface area contributed by atoms with Crippen molar-refractivity contribution in [1.82, 2.24) is 9.97 Å². The Morgan fingerprint density at radius 1 is 0.895 bits per heavy atom. The third kappa shape index (κ3) is 6.36. The molecule has 1 heterocycles. The number of aromatic nitrogens is 2. The summed E-state index contributed by atoms with van der Waals surface area (Å²) in [6.45, 7) is 3.87. The summed E-state index contributed by atoms with van der Waals surface area (Å²) in [4.78, 5) is 33.0. The van der Waals surface area contributed by atoms with Gasteiger partial charge in [-0.1, -0.05) is 11.8 Å². The van der Waals surface area contributed by atoms with E-state index in [9.17, 15) is 9.59 Å². The number of benzene rings is 3. The zero-order valence-electron chi connectivity index (χ0n) is 21.6. The van der Waals surface area contributed by atoms with E-state index < -0.39 is 11.2 Å². The lowest BCUT2D eigenvalue weighted by Crippen LogP contribution is -2.22. The number of carbonyl (C=O) groups is 2. The maximum absolute atomic E-state index is 12.9. The zero-order valence-corrected chi connectivity index (χ0v) is 22.4. The van der Waals surface area contributed by atoms with Crippen molar-refractivity contribution in [3.63, 3.8) is 0 Å². The van der Waals surface area contributed by atoms with Crippen molar-refractivity contribution >= 4 is 29.3 Å². The smallest absolute Gasteiger partial charge is 0.338 e. The van der Waals surface area contributed by atoms with Gasteiger partial charge in [0.15, 0.2) is 5.16 Å². The van der Waals surface area contributed by atoms with E-state index in [0.29, 0.717) is 23.0 Å². The molecule has 0 aliphatic carbocycles. The van der Waals surface area contributed by atoms with Crippen LogP contribution >= 0.6 is 11.8 Å². The summed E-state index contributed by atoms with van der Waals surface area (Å²) in [5.41, 5.74) is 4.48. The number of methoxy groups -OCH3 is 2. The molecule has 3 aromatic carbocycles. The fourth-order valence-corrected chi connectivity index (χ4v) is 4.51. The molecule has 0 saturated heterocycles. The van der Waals surface area contributed by atoms with Crippen LogP contribution in [0.2, 0.25) is 0 Å². The van der Waals surface area contributed by atoms with Crippen LogP contribution in [0.25, 0.3) is 22.5 Å². The van der Waals surface area contributed by atoms with Crippen molar-refractivity contribution in [2.75, 3.05) is 26.1 Å². The average Bonchev–Trinajstić information content (AvgIpc) is 3.37. The highest BCUT2D eigenvalue weighted by Gasteiger charge is 2.20. The van der Waals surface area contributed by atoms with Crippen LogP contribution in [-0.2, 0) is 9.53 Å². The van der Waals surface area contributed by atoms with Gasteiger partial charge in [0.25, 0.3) is 0 Å². The molecular formula is C29H29N3O5S. The molecule has 8 nitrogen and oxygen atoms in total. The number of imidazole rings is 1. The predicted molar refractivity (Wildman–Crippen MR) is 149 cm³/mol. The third-order valence-corrected chi connectivity index (χ3v) is 6.73. The first-order valence-corrected chi connectivity index (χ1v) is 12.9. The van der Waals surface area contributed by atoms with Crippen molar-refractivity contribution in [2.45, 2.75) is 24.3 Å². The average molecular weight is 532 g/mol. The summed E-state index contributed by atoms with van der Waals surface area (Å²) >= 11 is 1.32. The van der Waals surface area contributed by atoms with Crippen LogP contribution in [-0.4, -0.2) is 47.9 Å². The number of nitrogens with zero attached hydrogens (tertiary/aromatic N) is 1. The molecule has 0 aliphatic heterocycles. The molecule has 0 spiro atoms. The summed E-state index contributed by atoms with van der Waals surface area (Å²) < 4.78 is 15.6. The normalized spacial score (nSPS) is 11.5. The number of rotatable bonds is 10. The minimum Gasteiger partial charge on any atom is -0.497 e. The second kappa shape index (κ2) is 12.3. The molecule has 0 radical (unpaired) electrons. The number of anilines is 1. The molecule has 1 atom stereocenters. The van der Waals surface area contributed by atoms with Crippen molar-refractivity contribution in [2.24, 2.45) is 0 Å². The Labute approximate surface area is 225 Å². The fraction of sp³-hybridized carbons (Fsp3) is 0.207. The van der Waals surface area contributed by atoms with Gasteiger partial charge in [-0.3, -0.25) is 4.79 Å². The minimum atomic E-state index is -0.446. The van der Waals surface area contributed by atoms with E-state index in [1.165, 1.54) is 11.8 Å². The number of carbonyl (C=O) groups excluding carboxylic acids is 2. The van der Waals surface area contributed by atoms with Gasteiger partial charge < -0.3 is 24.5 Å². The molecule has 196 valence electrons. The molecule has 0 bridgehead atoms. The second-order valence-electron chi connectivity index (χ2n) is 8.27. The number of hydrogen-bond acceptors (Lipinski definition) is 7. The first-order chi connectivity index (χ1) is 18.4. The monoisotopic (exact) mass is 531 g/mol. The number of thioether (sulfide) groups is 1.